The Balaban J connectivity index is 1.62. The maximum absolute atomic E-state index is 13.6. The molecule has 3 aromatic carbocycles. The number of carbonyl (C=O) groups excluding carboxylic acids is 3. The van der Waals surface area contributed by atoms with E-state index in [-0.39, 0.29) is 31.2 Å². The fourth-order valence-electron chi connectivity index (χ4n) is 4.64. The van der Waals surface area contributed by atoms with Gasteiger partial charge in [-0.3, -0.25) is 19.3 Å². The van der Waals surface area contributed by atoms with E-state index in [1.54, 1.807) is 4.90 Å². The topological polar surface area (TPSA) is 60.9 Å². The van der Waals surface area contributed by atoms with Gasteiger partial charge in [-0.25, -0.2) is 0 Å². The molecule has 36 heavy (non-hydrogen) atoms. The Morgan fingerprint density at radius 1 is 0.667 bits per heavy atom. The van der Waals surface area contributed by atoms with E-state index >= 15 is 0 Å². The van der Waals surface area contributed by atoms with E-state index in [9.17, 15) is 14.4 Å². The van der Waals surface area contributed by atoms with Crippen molar-refractivity contribution in [1.29, 1.82) is 0 Å². The number of amides is 3. The van der Waals surface area contributed by atoms with Crippen LogP contribution in [0.3, 0.4) is 0 Å². The molecular formula is C26H19Cl4N3O3. The van der Waals surface area contributed by atoms with Crippen LogP contribution in [-0.2, 0) is 4.79 Å². The molecule has 0 aromatic heterocycles. The molecule has 6 nitrogen and oxygen atoms in total. The zero-order chi connectivity index (χ0) is 26.0. The van der Waals surface area contributed by atoms with Gasteiger partial charge in [0.15, 0.2) is 0 Å². The average Bonchev–Trinajstić information content (AvgIpc) is 3.11. The van der Waals surface area contributed by atoms with Crippen LogP contribution in [0.25, 0.3) is 0 Å². The van der Waals surface area contributed by atoms with E-state index in [0.29, 0.717) is 5.69 Å². The number of carbonyl (C=O) groups is 3. The van der Waals surface area contributed by atoms with Gasteiger partial charge >= 0.3 is 0 Å². The summed E-state index contributed by atoms with van der Waals surface area (Å²) < 4.78 is 0. The first-order valence-electron chi connectivity index (χ1n) is 11.0. The van der Waals surface area contributed by atoms with Crippen LogP contribution in [0, 0.1) is 6.92 Å². The molecule has 184 valence electrons. The third-order valence-electron chi connectivity index (χ3n) is 6.54. The van der Waals surface area contributed by atoms with Crippen molar-refractivity contribution < 1.29 is 14.4 Å². The van der Waals surface area contributed by atoms with Gasteiger partial charge in [0.25, 0.3) is 17.7 Å². The summed E-state index contributed by atoms with van der Waals surface area (Å²) in [6, 6.07) is 13.3. The Bertz CT molecular complexity index is 1390. The van der Waals surface area contributed by atoms with Crippen LogP contribution < -0.4 is 9.80 Å². The number of nitrogens with zero attached hydrogens (tertiary/aromatic N) is 3. The Kier molecular flexibility index (Phi) is 6.20. The SMILES string of the molecule is Cc1ccc(N2C(=O)[C@H](N3C(=O)c4c(Cl)c(Cl)c(Cl)c(Cl)c4C3=O)[C@@H]2c2ccc(N(C)C)cc2)cc1. The summed E-state index contributed by atoms with van der Waals surface area (Å²) in [6.45, 7) is 1.95. The van der Waals surface area contributed by atoms with E-state index in [2.05, 4.69) is 0 Å². The van der Waals surface area contributed by atoms with Gasteiger partial charge in [0.05, 0.1) is 37.3 Å². The molecule has 3 aromatic rings. The predicted molar refractivity (Wildman–Crippen MR) is 143 cm³/mol. The number of anilines is 2. The predicted octanol–water partition coefficient (Wildman–Crippen LogP) is 6.43. The second-order valence-corrected chi connectivity index (χ2v) is 10.4. The highest BCUT2D eigenvalue weighted by Gasteiger charge is 2.58. The number of rotatable bonds is 4. The Morgan fingerprint density at radius 3 is 1.64 bits per heavy atom. The molecule has 3 amide bonds. The molecule has 2 aliphatic heterocycles. The second kappa shape index (κ2) is 8.96. The van der Waals surface area contributed by atoms with E-state index in [1.165, 1.54) is 0 Å². The van der Waals surface area contributed by atoms with Crippen molar-refractivity contribution >= 4 is 75.5 Å². The molecule has 0 spiro atoms. The van der Waals surface area contributed by atoms with Gasteiger partial charge in [0.2, 0.25) is 0 Å². The van der Waals surface area contributed by atoms with E-state index < -0.39 is 29.8 Å². The second-order valence-electron chi connectivity index (χ2n) is 8.91. The van der Waals surface area contributed by atoms with Gasteiger partial charge < -0.3 is 9.80 Å². The van der Waals surface area contributed by atoms with Crippen molar-refractivity contribution in [2.75, 3.05) is 23.9 Å². The third kappa shape index (κ3) is 3.58. The molecule has 1 fully saturated rings. The summed E-state index contributed by atoms with van der Waals surface area (Å²) in [5, 5.41) is -0.587. The zero-order valence-electron chi connectivity index (χ0n) is 19.4. The number of β-lactam (4-membered cyclic amide) rings is 1. The average molecular weight is 563 g/mol. The first-order valence-corrected chi connectivity index (χ1v) is 12.5. The Morgan fingerprint density at radius 2 is 1.17 bits per heavy atom. The van der Waals surface area contributed by atoms with Gasteiger partial charge in [-0.05, 0) is 36.8 Å². The highest BCUT2D eigenvalue weighted by atomic mass is 35.5. The first kappa shape index (κ1) is 24.9. The molecule has 0 unspecified atom stereocenters. The standard InChI is InChI=1S/C26H19Cl4N3O3/c1-12-4-8-15(9-5-12)32-22(13-6-10-14(11-7-13)31(2)3)23(26(32)36)33-24(34)16-17(25(33)35)19(28)21(30)20(29)18(16)27/h4-11,22-23H,1-3H3/t22-,23+/m0/s1. The van der Waals surface area contributed by atoms with Crippen LogP contribution in [0.15, 0.2) is 48.5 Å². The van der Waals surface area contributed by atoms with Crippen LogP contribution in [-0.4, -0.2) is 42.8 Å². The molecule has 0 radical (unpaired) electrons. The number of hydrogen-bond acceptors (Lipinski definition) is 4. The molecule has 5 rings (SSSR count). The van der Waals surface area contributed by atoms with Crippen LogP contribution in [0.1, 0.15) is 37.9 Å². The lowest BCUT2D eigenvalue weighted by Gasteiger charge is -2.49. The van der Waals surface area contributed by atoms with Crippen molar-refractivity contribution in [3.63, 3.8) is 0 Å². The minimum Gasteiger partial charge on any atom is -0.378 e. The fourth-order valence-corrected chi connectivity index (χ4v) is 5.65. The van der Waals surface area contributed by atoms with Crippen LogP contribution in [0.4, 0.5) is 11.4 Å². The van der Waals surface area contributed by atoms with Crippen molar-refractivity contribution in [3.8, 4) is 0 Å². The van der Waals surface area contributed by atoms with Gasteiger partial charge in [-0.1, -0.05) is 76.2 Å². The number of benzene rings is 3. The lowest BCUT2D eigenvalue weighted by Crippen LogP contribution is -2.67. The summed E-state index contributed by atoms with van der Waals surface area (Å²) in [5.41, 5.74) is 3.12. The van der Waals surface area contributed by atoms with Gasteiger partial charge in [-0.15, -0.1) is 0 Å². The minimum absolute atomic E-state index is 0.123. The highest BCUT2D eigenvalue weighted by molar-refractivity contribution is 6.55. The van der Waals surface area contributed by atoms with Gasteiger partial charge in [0.1, 0.15) is 6.04 Å². The van der Waals surface area contributed by atoms with Crippen LogP contribution >= 0.6 is 46.4 Å². The fraction of sp³-hybridized carbons (Fsp3) is 0.192. The highest BCUT2D eigenvalue weighted by Crippen LogP contribution is 2.49. The number of imide groups is 1. The molecule has 0 N–H and O–H groups in total. The van der Waals surface area contributed by atoms with Gasteiger partial charge in [0, 0.05) is 25.5 Å². The summed E-state index contributed by atoms with van der Waals surface area (Å²) >= 11 is 24.9. The molecule has 2 atom stereocenters. The monoisotopic (exact) mass is 561 g/mol. The largest absolute Gasteiger partial charge is 0.378 e. The van der Waals surface area contributed by atoms with Crippen molar-refractivity contribution in [2.24, 2.45) is 0 Å². The molecule has 0 aliphatic carbocycles. The summed E-state index contributed by atoms with van der Waals surface area (Å²) in [6.07, 6.45) is 0. The summed E-state index contributed by atoms with van der Waals surface area (Å²) in [5.74, 6) is -1.88. The van der Waals surface area contributed by atoms with E-state index in [0.717, 1.165) is 21.7 Å². The lowest BCUT2D eigenvalue weighted by molar-refractivity contribution is -0.130. The van der Waals surface area contributed by atoms with Crippen molar-refractivity contribution in [1.82, 2.24) is 4.90 Å². The summed E-state index contributed by atoms with van der Waals surface area (Å²) in [4.78, 5) is 45.1. The third-order valence-corrected chi connectivity index (χ3v) is 8.34. The maximum Gasteiger partial charge on any atom is 0.264 e. The molecular weight excluding hydrogens is 544 g/mol. The zero-order valence-corrected chi connectivity index (χ0v) is 22.4. The summed E-state index contributed by atoms with van der Waals surface area (Å²) in [7, 11) is 3.84. The quantitative estimate of drug-likeness (QED) is 0.159. The number of hydrogen-bond donors (Lipinski definition) is 0. The number of halogens is 4. The van der Waals surface area contributed by atoms with Crippen molar-refractivity contribution in [3.05, 3.63) is 90.9 Å². The van der Waals surface area contributed by atoms with E-state index in [4.69, 9.17) is 46.4 Å². The van der Waals surface area contributed by atoms with E-state index in [1.807, 2.05) is 74.4 Å². The molecule has 2 heterocycles. The van der Waals surface area contributed by atoms with Crippen LogP contribution in [0.2, 0.25) is 20.1 Å². The number of aryl methyl sites for hydroxylation is 1. The van der Waals surface area contributed by atoms with Gasteiger partial charge in [-0.2, -0.15) is 0 Å². The molecule has 0 bridgehead atoms. The molecule has 2 aliphatic rings. The Hall–Kier alpha value is -2.77. The molecule has 10 heteroatoms. The molecule has 0 saturated carbocycles. The minimum atomic E-state index is -1.10. The number of fused-ring (bicyclic) bond motifs is 1. The Labute approximate surface area is 227 Å². The first-order chi connectivity index (χ1) is 17.0. The van der Waals surface area contributed by atoms with Crippen LogP contribution in [0.5, 0.6) is 0 Å². The maximum atomic E-state index is 13.6. The van der Waals surface area contributed by atoms with Crippen molar-refractivity contribution in [2.45, 2.75) is 19.0 Å². The lowest BCUT2D eigenvalue weighted by atomic mass is 9.86. The normalized spacial score (nSPS) is 19.0. The smallest absolute Gasteiger partial charge is 0.264 e. The molecule has 1 saturated heterocycles.